The SMILES string of the molecule is COC(=O)c1cc(C)n(-c2cc(OC)ccc2OC)c1C. The number of aryl methyl sites for hydroxylation is 1. The molecule has 0 spiro atoms. The van der Waals surface area contributed by atoms with Crippen molar-refractivity contribution in [1.29, 1.82) is 0 Å². The number of rotatable bonds is 4. The van der Waals surface area contributed by atoms with Crippen molar-refractivity contribution in [1.82, 2.24) is 4.57 Å². The van der Waals surface area contributed by atoms with Gasteiger partial charge in [0.1, 0.15) is 11.5 Å². The standard InChI is InChI=1S/C16H19NO4/c1-10-8-13(16(18)21-5)11(2)17(10)14-9-12(19-3)6-7-15(14)20-4/h6-9H,1-5H3. The Morgan fingerprint density at radius 2 is 1.76 bits per heavy atom. The monoisotopic (exact) mass is 289 g/mol. The fourth-order valence-corrected chi connectivity index (χ4v) is 2.42. The van der Waals surface area contributed by atoms with Gasteiger partial charge in [-0.15, -0.1) is 0 Å². The lowest BCUT2D eigenvalue weighted by molar-refractivity contribution is 0.0600. The second kappa shape index (κ2) is 5.91. The smallest absolute Gasteiger partial charge is 0.339 e. The number of hydrogen-bond donors (Lipinski definition) is 0. The molecule has 0 saturated carbocycles. The zero-order valence-corrected chi connectivity index (χ0v) is 12.9. The minimum Gasteiger partial charge on any atom is -0.497 e. The first-order valence-corrected chi connectivity index (χ1v) is 6.53. The average molecular weight is 289 g/mol. The minimum atomic E-state index is -0.351. The number of methoxy groups -OCH3 is 3. The molecule has 1 heterocycles. The summed E-state index contributed by atoms with van der Waals surface area (Å²) >= 11 is 0. The van der Waals surface area contributed by atoms with Crippen molar-refractivity contribution in [3.8, 4) is 17.2 Å². The van der Waals surface area contributed by atoms with Gasteiger partial charge in [-0.3, -0.25) is 0 Å². The van der Waals surface area contributed by atoms with E-state index in [4.69, 9.17) is 14.2 Å². The Morgan fingerprint density at radius 1 is 1.05 bits per heavy atom. The predicted molar refractivity (Wildman–Crippen MR) is 79.7 cm³/mol. The van der Waals surface area contributed by atoms with E-state index >= 15 is 0 Å². The molecule has 5 nitrogen and oxygen atoms in total. The number of benzene rings is 1. The Morgan fingerprint density at radius 3 is 2.33 bits per heavy atom. The minimum absolute atomic E-state index is 0.351. The van der Waals surface area contributed by atoms with E-state index in [1.807, 2.05) is 36.6 Å². The molecule has 0 aliphatic heterocycles. The molecular weight excluding hydrogens is 270 g/mol. The highest BCUT2D eigenvalue weighted by atomic mass is 16.5. The van der Waals surface area contributed by atoms with Crippen LogP contribution in [0.3, 0.4) is 0 Å². The van der Waals surface area contributed by atoms with Crippen LogP contribution < -0.4 is 9.47 Å². The predicted octanol–water partition coefficient (Wildman–Crippen LogP) is 2.90. The zero-order valence-electron chi connectivity index (χ0n) is 12.9. The maximum Gasteiger partial charge on any atom is 0.339 e. The Kier molecular flexibility index (Phi) is 4.21. The van der Waals surface area contributed by atoms with Crippen molar-refractivity contribution in [3.63, 3.8) is 0 Å². The molecule has 0 saturated heterocycles. The highest BCUT2D eigenvalue weighted by molar-refractivity contribution is 5.91. The summed E-state index contributed by atoms with van der Waals surface area (Å²) in [6.45, 7) is 3.80. The molecule has 112 valence electrons. The van der Waals surface area contributed by atoms with Gasteiger partial charge in [0.2, 0.25) is 0 Å². The Balaban J connectivity index is 2.66. The summed E-state index contributed by atoms with van der Waals surface area (Å²) in [4.78, 5) is 11.8. The van der Waals surface area contributed by atoms with Crippen LogP contribution >= 0.6 is 0 Å². The number of aromatic nitrogens is 1. The van der Waals surface area contributed by atoms with Gasteiger partial charge >= 0.3 is 5.97 Å². The lowest BCUT2D eigenvalue weighted by atomic mass is 10.2. The van der Waals surface area contributed by atoms with E-state index in [9.17, 15) is 4.79 Å². The van der Waals surface area contributed by atoms with Gasteiger partial charge < -0.3 is 18.8 Å². The van der Waals surface area contributed by atoms with Crippen molar-refractivity contribution in [3.05, 3.63) is 41.2 Å². The number of nitrogens with zero attached hydrogens (tertiary/aromatic N) is 1. The fraction of sp³-hybridized carbons (Fsp3) is 0.312. The van der Waals surface area contributed by atoms with Crippen molar-refractivity contribution in [2.24, 2.45) is 0 Å². The van der Waals surface area contributed by atoms with Crippen molar-refractivity contribution in [2.75, 3.05) is 21.3 Å². The third-order valence-corrected chi connectivity index (χ3v) is 3.46. The number of ether oxygens (including phenoxy) is 3. The highest BCUT2D eigenvalue weighted by Crippen LogP contribution is 2.31. The second-order valence-electron chi connectivity index (χ2n) is 4.65. The molecule has 0 radical (unpaired) electrons. The van der Waals surface area contributed by atoms with Crippen molar-refractivity contribution < 1.29 is 19.0 Å². The molecule has 0 bridgehead atoms. The number of hydrogen-bond acceptors (Lipinski definition) is 4. The maximum atomic E-state index is 11.8. The fourth-order valence-electron chi connectivity index (χ4n) is 2.42. The van der Waals surface area contributed by atoms with Crippen molar-refractivity contribution >= 4 is 5.97 Å². The van der Waals surface area contributed by atoms with Gasteiger partial charge in [0.05, 0.1) is 32.6 Å². The normalized spacial score (nSPS) is 10.3. The molecule has 2 aromatic rings. The van der Waals surface area contributed by atoms with Crippen LogP contribution in [0.4, 0.5) is 0 Å². The van der Waals surface area contributed by atoms with Gasteiger partial charge in [-0.05, 0) is 32.0 Å². The molecule has 2 rings (SSSR count). The Labute approximate surface area is 124 Å². The largest absolute Gasteiger partial charge is 0.497 e. The molecule has 0 atom stereocenters. The summed E-state index contributed by atoms with van der Waals surface area (Å²) in [5.41, 5.74) is 3.08. The molecule has 0 aliphatic rings. The molecule has 0 amide bonds. The van der Waals surface area contributed by atoms with E-state index < -0.39 is 0 Å². The first kappa shape index (κ1) is 15.0. The van der Waals surface area contributed by atoms with Crippen LogP contribution in [0.25, 0.3) is 5.69 Å². The zero-order chi connectivity index (χ0) is 15.6. The summed E-state index contributed by atoms with van der Waals surface area (Å²) in [6, 6.07) is 7.35. The lowest BCUT2D eigenvalue weighted by Crippen LogP contribution is -2.06. The van der Waals surface area contributed by atoms with Gasteiger partial charge in [-0.2, -0.15) is 0 Å². The summed E-state index contributed by atoms with van der Waals surface area (Å²) in [7, 11) is 4.60. The first-order valence-electron chi connectivity index (χ1n) is 6.53. The third kappa shape index (κ3) is 2.59. The number of esters is 1. The van der Waals surface area contributed by atoms with Crippen LogP contribution in [0, 0.1) is 13.8 Å². The van der Waals surface area contributed by atoms with E-state index in [0.29, 0.717) is 11.3 Å². The van der Waals surface area contributed by atoms with E-state index in [2.05, 4.69) is 0 Å². The molecule has 0 N–H and O–H groups in total. The maximum absolute atomic E-state index is 11.8. The van der Waals surface area contributed by atoms with Gasteiger partial charge in [-0.25, -0.2) is 4.79 Å². The van der Waals surface area contributed by atoms with Crippen LogP contribution in [0.5, 0.6) is 11.5 Å². The molecule has 0 unspecified atom stereocenters. The van der Waals surface area contributed by atoms with Crippen LogP contribution in [0.2, 0.25) is 0 Å². The summed E-state index contributed by atoms with van der Waals surface area (Å²) < 4.78 is 17.4. The van der Waals surface area contributed by atoms with E-state index in [-0.39, 0.29) is 5.97 Å². The second-order valence-corrected chi connectivity index (χ2v) is 4.65. The number of carbonyl (C=O) groups excluding carboxylic acids is 1. The summed E-state index contributed by atoms with van der Waals surface area (Å²) in [5, 5.41) is 0. The average Bonchev–Trinajstić information content (AvgIpc) is 2.80. The molecule has 0 aliphatic carbocycles. The van der Waals surface area contributed by atoms with E-state index in [0.717, 1.165) is 22.8 Å². The van der Waals surface area contributed by atoms with E-state index in [1.165, 1.54) is 7.11 Å². The van der Waals surface area contributed by atoms with E-state index in [1.54, 1.807) is 20.3 Å². The van der Waals surface area contributed by atoms with Gasteiger partial charge in [0.15, 0.2) is 0 Å². The van der Waals surface area contributed by atoms with Crippen LogP contribution in [0.15, 0.2) is 24.3 Å². The topological polar surface area (TPSA) is 49.7 Å². The lowest BCUT2D eigenvalue weighted by Gasteiger charge is -2.15. The molecule has 1 aromatic heterocycles. The van der Waals surface area contributed by atoms with Gasteiger partial charge in [-0.1, -0.05) is 0 Å². The Hall–Kier alpha value is -2.43. The van der Waals surface area contributed by atoms with Crippen LogP contribution in [-0.2, 0) is 4.74 Å². The number of carbonyl (C=O) groups is 1. The quantitative estimate of drug-likeness (QED) is 0.812. The first-order chi connectivity index (χ1) is 10.0. The van der Waals surface area contributed by atoms with Gasteiger partial charge in [0, 0.05) is 17.5 Å². The van der Waals surface area contributed by atoms with Crippen LogP contribution in [0.1, 0.15) is 21.7 Å². The van der Waals surface area contributed by atoms with Crippen LogP contribution in [-0.4, -0.2) is 31.9 Å². The Bertz CT molecular complexity index is 673. The summed E-state index contributed by atoms with van der Waals surface area (Å²) in [5.74, 6) is 1.07. The molecular formula is C16H19NO4. The third-order valence-electron chi connectivity index (χ3n) is 3.46. The van der Waals surface area contributed by atoms with Crippen molar-refractivity contribution in [2.45, 2.75) is 13.8 Å². The van der Waals surface area contributed by atoms with Gasteiger partial charge in [0.25, 0.3) is 0 Å². The molecule has 1 aromatic carbocycles. The highest BCUT2D eigenvalue weighted by Gasteiger charge is 2.19. The molecule has 0 fully saturated rings. The molecule has 5 heteroatoms. The summed E-state index contributed by atoms with van der Waals surface area (Å²) in [6.07, 6.45) is 0. The molecule has 21 heavy (non-hydrogen) atoms.